The molecule has 3 aromatic rings. The predicted octanol–water partition coefficient (Wildman–Crippen LogP) is 3.51. The van der Waals surface area contributed by atoms with E-state index < -0.39 is 0 Å². The van der Waals surface area contributed by atoms with Crippen molar-refractivity contribution in [2.45, 2.75) is 13.0 Å². The van der Waals surface area contributed by atoms with Crippen LogP contribution in [0.15, 0.2) is 46.2 Å². The lowest BCUT2D eigenvalue weighted by Gasteiger charge is -2.36. The van der Waals surface area contributed by atoms with Crippen molar-refractivity contribution in [1.29, 1.82) is 0 Å². The van der Waals surface area contributed by atoms with Gasteiger partial charge in [-0.25, -0.2) is 4.98 Å². The number of rotatable bonds is 4. The van der Waals surface area contributed by atoms with Crippen molar-refractivity contribution in [3.8, 4) is 16.5 Å². The molecule has 1 aliphatic rings. The van der Waals surface area contributed by atoms with Crippen molar-refractivity contribution >= 4 is 17.2 Å². The predicted molar refractivity (Wildman–Crippen MR) is 104 cm³/mol. The number of aromatic nitrogens is 1. The van der Waals surface area contributed by atoms with Crippen molar-refractivity contribution in [3.05, 3.63) is 58.8 Å². The first kappa shape index (κ1) is 17.8. The summed E-state index contributed by atoms with van der Waals surface area (Å²) in [5, 5.41) is 5.89. The Labute approximate surface area is 161 Å². The summed E-state index contributed by atoms with van der Waals surface area (Å²) >= 11 is 1.42. The lowest BCUT2D eigenvalue weighted by Crippen LogP contribution is -2.48. The van der Waals surface area contributed by atoms with Gasteiger partial charge in [-0.15, -0.1) is 11.3 Å². The summed E-state index contributed by atoms with van der Waals surface area (Å²) < 4.78 is 11.1. The van der Waals surface area contributed by atoms with Gasteiger partial charge in [-0.1, -0.05) is 18.2 Å². The summed E-state index contributed by atoms with van der Waals surface area (Å²) in [5.41, 5.74) is 1.45. The third-order valence-corrected chi connectivity index (χ3v) is 5.53. The molecular weight excluding hydrogens is 362 g/mol. The van der Waals surface area contributed by atoms with Gasteiger partial charge < -0.3 is 19.4 Å². The van der Waals surface area contributed by atoms with Crippen LogP contribution in [0.5, 0.6) is 5.75 Å². The molecular formula is C20H21N3O3S. The van der Waals surface area contributed by atoms with E-state index in [0.717, 1.165) is 28.6 Å². The monoisotopic (exact) mass is 383 g/mol. The molecule has 0 spiro atoms. The summed E-state index contributed by atoms with van der Waals surface area (Å²) in [6.45, 7) is 3.95. The van der Waals surface area contributed by atoms with Crippen molar-refractivity contribution in [3.63, 3.8) is 0 Å². The van der Waals surface area contributed by atoms with E-state index in [1.165, 1.54) is 11.3 Å². The highest BCUT2D eigenvalue weighted by molar-refractivity contribution is 7.13. The van der Waals surface area contributed by atoms with E-state index in [0.29, 0.717) is 24.5 Å². The minimum Gasteiger partial charge on any atom is -0.496 e. The molecule has 4 rings (SSSR count). The molecule has 3 heterocycles. The summed E-state index contributed by atoms with van der Waals surface area (Å²) in [7, 11) is 1.65. The molecule has 1 aromatic carbocycles. The number of hydrogen-bond donors (Lipinski definition) is 1. The van der Waals surface area contributed by atoms with Gasteiger partial charge in [0, 0.05) is 30.6 Å². The highest BCUT2D eigenvalue weighted by Crippen LogP contribution is 2.32. The molecule has 1 aliphatic heterocycles. The number of para-hydroxylation sites is 1. The number of thiazole rings is 1. The molecule has 1 unspecified atom stereocenters. The van der Waals surface area contributed by atoms with Crippen LogP contribution in [0.2, 0.25) is 0 Å². The molecule has 140 valence electrons. The van der Waals surface area contributed by atoms with Crippen LogP contribution in [0.25, 0.3) is 10.8 Å². The first-order valence-electron chi connectivity index (χ1n) is 8.84. The number of nitrogens with one attached hydrogen (secondary N) is 1. The fourth-order valence-corrected chi connectivity index (χ4v) is 4.10. The van der Waals surface area contributed by atoms with Crippen LogP contribution in [0.1, 0.15) is 27.9 Å². The van der Waals surface area contributed by atoms with E-state index in [9.17, 15) is 4.79 Å². The number of piperazine rings is 1. The Morgan fingerprint density at radius 1 is 1.33 bits per heavy atom. The fraction of sp³-hybridized carbons (Fsp3) is 0.300. The molecule has 1 fully saturated rings. The van der Waals surface area contributed by atoms with E-state index >= 15 is 0 Å². The molecule has 0 radical (unpaired) electrons. The number of hydrogen-bond acceptors (Lipinski definition) is 6. The minimum atomic E-state index is -0.0987. The van der Waals surface area contributed by atoms with E-state index in [1.54, 1.807) is 12.5 Å². The van der Waals surface area contributed by atoms with Gasteiger partial charge in [0.2, 0.25) is 0 Å². The number of carbonyl (C=O) groups excluding carboxylic acids is 1. The van der Waals surface area contributed by atoms with Crippen LogP contribution in [-0.4, -0.2) is 42.5 Å². The second-order valence-corrected chi connectivity index (χ2v) is 7.27. The quantitative estimate of drug-likeness (QED) is 0.747. The topological polar surface area (TPSA) is 67.6 Å². The molecule has 1 N–H and O–H groups in total. The highest BCUT2D eigenvalue weighted by atomic mass is 32.1. The van der Waals surface area contributed by atoms with Crippen molar-refractivity contribution < 1.29 is 13.9 Å². The Kier molecular flexibility index (Phi) is 4.96. The lowest BCUT2D eigenvalue weighted by molar-refractivity contribution is 0.0626. The van der Waals surface area contributed by atoms with Gasteiger partial charge in [0.1, 0.15) is 17.2 Å². The summed E-state index contributed by atoms with van der Waals surface area (Å²) in [5.74, 6) is 2.23. The number of methoxy groups -OCH3 is 1. The first-order valence-corrected chi connectivity index (χ1v) is 9.72. The number of amides is 1. The van der Waals surface area contributed by atoms with Gasteiger partial charge >= 0.3 is 0 Å². The van der Waals surface area contributed by atoms with Crippen molar-refractivity contribution in [2.24, 2.45) is 0 Å². The van der Waals surface area contributed by atoms with E-state index in [2.05, 4.69) is 10.3 Å². The highest BCUT2D eigenvalue weighted by Gasteiger charge is 2.31. The molecule has 7 heteroatoms. The molecule has 0 aliphatic carbocycles. The Balaban J connectivity index is 1.62. The zero-order valence-electron chi connectivity index (χ0n) is 15.3. The molecule has 1 amide bonds. The number of nitrogens with zero attached hydrogens (tertiary/aromatic N) is 2. The Morgan fingerprint density at radius 2 is 2.19 bits per heavy atom. The molecule has 27 heavy (non-hydrogen) atoms. The minimum absolute atomic E-state index is 0.0711. The Bertz CT molecular complexity index is 949. The maximum Gasteiger partial charge on any atom is 0.273 e. The van der Waals surface area contributed by atoms with Gasteiger partial charge in [-0.2, -0.15) is 0 Å². The summed E-state index contributed by atoms with van der Waals surface area (Å²) in [6.07, 6.45) is 0. The molecule has 2 aromatic heterocycles. The normalized spacial score (nSPS) is 17.1. The third-order valence-electron chi connectivity index (χ3n) is 4.68. The number of ether oxygens (including phenoxy) is 1. The molecule has 6 nitrogen and oxygen atoms in total. The Hall–Kier alpha value is -2.64. The third kappa shape index (κ3) is 3.48. The van der Waals surface area contributed by atoms with Crippen molar-refractivity contribution in [2.75, 3.05) is 26.7 Å². The standard InChI is InChI=1S/C20H21N3O3S/c1-13-7-8-18(26-13)19-22-15(12-27-19)20(24)23-10-9-21-11-16(23)14-5-3-4-6-17(14)25-2/h3-8,12,16,21H,9-11H2,1-2H3. The van der Waals surface area contributed by atoms with Crippen LogP contribution in [0.4, 0.5) is 0 Å². The van der Waals surface area contributed by atoms with Gasteiger partial charge in [0.05, 0.1) is 13.2 Å². The van der Waals surface area contributed by atoms with Crippen LogP contribution >= 0.6 is 11.3 Å². The van der Waals surface area contributed by atoms with Gasteiger partial charge in [-0.3, -0.25) is 4.79 Å². The van der Waals surface area contributed by atoms with Gasteiger partial charge in [0.25, 0.3) is 5.91 Å². The van der Waals surface area contributed by atoms with Crippen LogP contribution in [0.3, 0.4) is 0 Å². The van der Waals surface area contributed by atoms with Crippen molar-refractivity contribution in [1.82, 2.24) is 15.2 Å². The number of benzene rings is 1. The maximum absolute atomic E-state index is 13.2. The van der Waals surface area contributed by atoms with Gasteiger partial charge in [-0.05, 0) is 25.1 Å². The summed E-state index contributed by atoms with van der Waals surface area (Å²) in [6, 6.07) is 11.5. The number of aryl methyl sites for hydroxylation is 1. The molecule has 0 bridgehead atoms. The molecule has 1 saturated heterocycles. The van der Waals surface area contributed by atoms with E-state index in [1.807, 2.05) is 48.2 Å². The SMILES string of the molecule is COc1ccccc1C1CNCCN1C(=O)c1csc(-c2ccc(C)o2)n1. The molecule has 1 atom stereocenters. The molecule has 0 saturated carbocycles. The van der Waals surface area contributed by atoms with Crippen LogP contribution in [-0.2, 0) is 0 Å². The second-order valence-electron chi connectivity index (χ2n) is 6.41. The Morgan fingerprint density at radius 3 is 2.96 bits per heavy atom. The summed E-state index contributed by atoms with van der Waals surface area (Å²) in [4.78, 5) is 19.6. The van der Waals surface area contributed by atoms with Crippen LogP contribution < -0.4 is 10.1 Å². The zero-order valence-corrected chi connectivity index (χ0v) is 16.1. The average Bonchev–Trinajstić information content (AvgIpc) is 3.36. The van der Waals surface area contributed by atoms with E-state index in [4.69, 9.17) is 9.15 Å². The number of furan rings is 1. The van der Waals surface area contributed by atoms with Crippen LogP contribution in [0, 0.1) is 6.92 Å². The number of carbonyl (C=O) groups is 1. The average molecular weight is 383 g/mol. The smallest absolute Gasteiger partial charge is 0.273 e. The first-order chi connectivity index (χ1) is 13.2. The maximum atomic E-state index is 13.2. The lowest BCUT2D eigenvalue weighted by atomic mass is 10.0. The second kappa shape index (κ2) is 7.54. The zero-order chi connectivity index (χ0) is 18.8. The fourth-order valence-electron chi connectivity index (χ4n) is 3.35. The largest absolute Gasteiger partial charge is 0.496 e. The van der Waals surface area contributed by atoms with Gasteiger partial charge in [0.15, 0.2) is 10.8 Å². The van der Waals surface area contributed by atoms with E-state index in [-0.39, 0.29) is 11.9 Å².